The van der Waals surface area contributed by atoms with Gasteiger partial charge in [-0.3, -0.25) is 4.99 Å². The minimum Gasteiger partial charge on any atom is -0.305 e. The first-order valence-electron chi connectivity index (χ1n) is 4.45. The summed E-state index contributed by atoms with van der Waals surface area (Å²) in [5, 5.41) is 7.01. The molecule has 1 rings (SSSR count). The van der Waals surface area contributed by atoms with E-state index in [9.17, 15) is 0 Å². The van der Waals surface area contributed by atoms with Crippen molar-refractivity contribution in [3.63, 3.8) is 0 Å². The van der Waals surface area contributed by atoms with Crippen LogP contribution in [0, 0.1) is 13.8 Å². The Morgan fingerprint density at radius 3 is 2.20 bits per heavy atom. The van der Waals surface area contributed by atoms with Gasteiger partial charge in [0.15, 0.2) is 5.84 Å². The normalized spacial score (nSPS) is 12.4. The Hall–Kier alpha value is -1.23. The second kappa shape index (κ2) is 5.02. The quantitative estimate of drug-likeness (QED) is 0.275. The van der Waals surface area contributed by atoms with Crippen molar-refractivity contribution in [2.75, 3.05) is 7.05 Å². The third-order valence-corrected chi connectivity index (χ3v) is 3.31. The Balaban J connectivity index is 3.27. The van der Waals surface area contributed by atoms with Crippen molar-refractivity contribution in [1.29, 1.82) is 0 Å². The van der Waals surface area contributed by atoms with Crippen molar-refractivity contribution in [2.45, 2.75) is 13.8 Å². The molecule has 0 saturated carbocycles. The molecule has 0 aromatic heterocycles. The molecule has 0 amide bonds. The van der Waals surface area contributed by atoms with Crippen molar-refractivity contribution in [1.82, 2.24) is 0 Å². The fourth-order valence-corrected chi connectivity index (χ4v) is 1.59. The van der Waals surface area contributed by atoms with Crippen LogP contribution in [0.4, 0.5) is 0 Å². The topological polar surface area (TPSA) is 63.1 Å². The third-order valence-electron chi connectivity index (χ3n) is 2.06. The maximum absolute atomic E-state index is 5.02. The summed E-state index contributed by atoms with van der Waals surface area (Å²) in [7, 11) is 1.66. The Kier molecular flexibility index (Phi) is 3.96. The molecule has 0 atom stereocenters. The number of rotatable bonds is 1. The molecular weight excluding hydrogens is 256 g/mol. The van der Waals surface area contributed by atoms with Gasteiger partial charge < -0.3 is 5.84 Å². The molecule has 4 nitrogen and oxygen atoms in total. The van der Waals surface area contributed by atoms with Crippen LogP contribution in [-0.2, 0) is 0 Å². The van der Waals surface area contributed by atoms with Gasteiger partial charge in [0.05, 0.1) is 0 Å². The highest BCUT2D eigenvalue weighted by atomic mass is 79.9. The molecule has 1 aromatic carbocycles. The van der Waals surface area contributed by atoms with Crippen LogP contribution in [0.25, 0.3) is 0 Å². The standard InChI is InChI=1S/C10H13BrN4/c1-6-4-8(5-7(2)9(6)11)10(13-3)14-15-12/h4-5H,1-3H3,(H2,12,13,14). The summed E-state index contributed by atoms with van der Waals surface area (Å²) in [6.07, 6.45) is 0. The van der Waals surface area contributed by atoms with E-state index in [-0.39, 0.29) is 0 Å². The number of benzene rings is 1. The molecule has 0 bridgehead atoms. The molecule has 0 unspecified atom stereocenters. The second-order valence-corrected chi connectivity index (χ2v) is 3.98. The minimum absolute atomic E-state index is 0.538. The highest BCUT2D eigenvalue weighted by Gasteiger charge is 2.06. The van der Waals surface area contributed by atoms with Crippen LogP contribution < -0.4 is 5.84 Å². The lowest BCUT2D eigenvalue weighted by molar-refractivity contribution is 1.07. The van der Waals surface area contributed by atoms with Crippen LogP contribution in [0.5, 0.6) is 0 Å². The molecule has 0 fully saturated rings. The van der Waals surface area contributed by atoms with E-state index in [1.165, 1.54) is 0 Å². The zero-order valence-corrected chi connectivity index (χ0v) is 10.5. The van der Waals surface area contributed by atoms with Gasteiger partial charge >= 0.3 is 0 Å². The highest BCUT2D eigenvalue weighted by Crippen LogP contribution is 2.23. The van der Waals surface area contributed by atoms with Gasteiger partial charge in [0.2, 0.25) is 0 Å². The van der Waals surface area contributed by atoms with Gasteiger partial charge in [-0.2, -0.15) is 0 Å². The van der Waals surface area contributed by atoms with E-state index in [1.54, 1.807) is 7.05 Å². The number of nitrogens with two attached hydrogens (primary N) is 1. The van der Waals surface area contributed by atoms with Crippen LogP contribution in [0.15, 0.2) is 31.9 Å². The van der Waals surface area contributed by atoms with Crippen molar-refractivity contribution in [3.8, 4) is 0 Å². The Labute approximate surface area is 97.4 Å². The first-order chi connectivity index (χ1) is 7.10. The lowest BCUT2D eigenvalue weighted by atomic mass is 10.1. The number of amidine groups is 1. The lowest BCUT2D eigenvalue weighted by Crippen LogP contribution is -1.99. The zero-order valence-electron chi connectivity index (χ0n) is 8.95. The van der Waals surface area contributed by atoms with Gasteiger partial charge in [-0.1, -0.05) is 21.2 Å². The molecule has 0 heterocycles. The van der Waals surface area contributed by atoms with Crippen LogP contribution in [0.3, 0.4) is 0 Å². The van der Waals surface area contributed by atoms with E-state index < -0.39 is 0 Å². The van der Waals surface area contributed by atoms with Gasteiger partial charge in [0.25, 0.3) is 0 Å². The van der Waals surface area contributed by atoms with E-state index in [0.717, 1.165) is 21.2 Å². The number of nitrogens with zero attached hydrogens (tertiary/aromatic N) is 3. The molecule has 80 valence electrons. The lowest BCUT2D eigenvalue weighted by Gasteiger charge is -2.06. The summed E-state index contributed by atoms with van der Waals surface area (Å²) in [6.45, 7) is 4.04. The summed E-state index contributed by atoms with van der Waals surface area (Å²) >= 11 is 3.50. The first-order valence-corrected chi connectivity index (χ1v) is 5.24. The Bertz CT molecular complexity index is 400. The predicted octanol–water partition coefficient (Wildman–Crippen LogP) is 2.77. The molecule has 0 spiro atoms. The minimum atomic E-state index is 0.538. The number of aryl methyl sites for hydroxylation is 2. The smallest absolute Gasteiger partial charge is 0.178 e. The first kappa shape index (κ1) is 11.8. The molecule has 15 heavy (non-hydrogen) atoms. The Morgan fingerprint density at radius 1 is 1.27 bits per heavy atom. The van der Waals surface area contributed by atoms with Gasteiger partial charge in [-0.15, -0.1) is 5.11 Å². The van der Waals surface area contributed by atoms with Crippen molar-refractivity contribution < 1.29 is 0 Å². The monoisotopic (exact) mass is 268 g/mol. The fraction of sp³-hybridized carbons (Fsp3) is 0.300. The molecule has 5 heteroatoms. The number of aliphatic imine (C=N–C) groups is 1. The molecule has 0 aliphatic rings. The van der Waals surface area contributed by atoms with E-state index in [2.05, 4.69) is 31.3 Å². The molecule has 0 aliphatic carbocycles. The van der Waals surface area contributed by atoms with Gasteiger partial charge in [0.1, 0.15) is 0 Å². The summed E-state index contributed by atoms with van der Waals surface area (Å²) in [4.78, 5) is 4.02. The maximum atomic E-state index is 5.02. The highest BCUT2D eigenvalue weighted by molar-refractivity contribution is 9.10. The van der Waals surface area contributed by atoms with Gasteiger partial charge in [0, 0.05) is 17.1 Å². The fourth-order valence-electron chi connectivity index (χ4n) is 1.36. The van der Waals surface area contributed by atoms with E-state index in [0.29, 0.717) is 5.84 Å². The van der Waals surface area contributed by atoms with Crippen molar-refractivity contribution in [2.24, 2.45) is 21.2 Å². The molecule has 1 aromatic rings. The third kappa shape index (κ3) is 2.62. The van der Waals surface area contributed by atoms with Gasteiger partial charge in [-0.05, 0) is 37.1 Å². The van der Waals surface area contributed by atoms with Crippen LogP contribution in [0.1, 0.15) is 16.7 Å². The summed E-state index contributed by atoms with van der Waals surface area (Å²) in [5.41, 5.74) is 3.20. The predicted molar refractivity (Wildman–Crippen MR) is 65.1 cm³/mol. The maximum Gasteiger partial charge on any atom is 0.178 e. The average Bonchev–Trinajstić information content (AvgIpc) is 2.22. The molecule has 0 aliphatic heterocycles. The second-order valence-electron chi connectivity index (χ2n) is 3.19. The van der Waals surface area contributed by atoms with E-state index >= 15 is 0 Å². The van der Waals surface area contributed by atoms with Crippen LogP contribution >= 0.6 is 15.9 Å². The Morgan fingerprint density at radius 2 is 1.80 bits per heavy atom. The summed E-state index contributed by atoms with van der Waals surface area (Å²) in [6, 6.07) is 3.99. The summed E-state index contributed by atoms with van der Waals surface area (Å²) < 4.78 is 1.10. The number of hydrogen-bond donors (Lipinski definition) is 1. The van der Waals surface area contributed by atoms with Crippen LogP contribution in [-0.4, -0.2) is 12.9 Å². The molecule has 0 radical (unpaired) electrons. The largest absolute Gasteiger partial charge is 0.305 e. The zero-order chi connectivity index (χ0) is 11.4. The molecule has 2 N–H and O–H groups in total. The van der Waals surface area contributed by atoms with Gasteiger partial charge in [-0.25, -0.2) is 0 Å². The SMILES string of the molecule is CN=C(N=NN)c1cc(C)c(Br)c(C)c1. The van der Waals surface area contributed by atoms with Crippen LogP contribution in [0.2, 0.25) is 0 Å². The number of hydrogen-bond acceptors (Lipinski definition) is 2. The molecular formula is C10H13BrN4. The van der Waals surface area contributed by atoms with E-state index in [4.69, 9.17) is 5.84 Å². The molecule has 0 saturated heterocycles. The average molecular weight is 269 g/mol. The number of halogens is 1. The summed E-state index contributed by atoms with van der Waals surface area (Å²) in [5.74, 6) is 5.55. The van der Waals surface area contributed by atoms with E-state index in [1.807, 2.05) is 26.0 Å². The van der Waals surface area contributed by atoms with Crippen molar-refractivity contribution >= 4 is 21.8 Å². The van der Waals surface area contributed by atoms with Crippen molar-refractivity contribution in [3.05, 3.63) is 33.3 Å².